The Morgan fingerprint density at radius 2 is 1.92 bits per heavy atom. The second-order valence-electron chi connectivity index (χ2n) is 2.79. The van der Waals surface area contributed by atoms with Crippen LogP contribution < -0.4 is 5.32 Å². The van der Waals surface area contributed by atoms with Crippen LogP contribution in [0.15, 0.2) is 0 Å². The van der Waals surface area contributed by atoms with Crippen LogP contribution in [0, 0.1) is 0 Å². The van der Waals surface area contributed by atoms with Crippen LogP contribution in [0.5, 0.6) is 0 Å². The Kier molecular flexibility index (Phi) is 4.62. The number of hydrogen-bond acceptors (Lipinski definition) is 3. The molecule has 0 aromatic heterocycles. The van der Waals surface area contributed by atoms with E-state index in [1.807, 2.05) is 0 Å². The third-order valence-electron chi connectivity index (χ3n) is 1.17. The van der Waals surface area contributed by atoms with Gasteiger partial charge in [-0.15, -0.1) is 0 Å². The van der Waals surface area contributed by atoms with E-state index in [9.17, 15) is 17.2 Å². The quantitative estimate of drug-likeness (QED) is 0.694. The number of hydrogen-bond donors (Lipinski definition) is 1. The van der Waals surface area contributed by atoms with E-state index < -0.39 is 28.8 Å². The van der Waals surface area contributed by atoms with Crippen LogP contribution in [0.3, 0.4) is 0 Å². The van der Waals surface area contributed by atoms with Gasteiger partial charge in [-0.25, -0.2) is 17.2 Å². The van der Waals surface area contributed by atoms with Gasteiger partial charge in [0.15, 0.2) is 0 Å². The molecule has 1 N–H and O–H groups in total. The molecule has 74 valence electrons. The molecule has 12 heavy (non-hydrogen) atoms. The highest BCUT2D eigenvalue weighted by molar-refractivity contribution is 7.90. The van der Waals surface area contributed by atoms with E-state index in [-0.39, 0.29) is 5.75 Å². The number of alkyl halides is 2. The number of rotatable bonds is 5. The fourth-order valence-electron chi connectivity index (χ4n) is 0.803. The predicted molar refractivity (Wildman–Crippen MR) is 43.2 cm³/mol. The van der Waals surface area contributed by atoms with Gasteiger partial charge >= 0.3 is 0 Å². The van der Waals surface area contributed by atoms with Crippen molar-refractivity contribution in [3.63, 3.8) is 0 Å². The molecule has 3 nitrogen and oxygen atoms in total. The first-order valence-corrected chi connectivity index (χ1v) is 5.56. The van der Waals surface area contributed by atoms with Crippen LogP contribution >= 0.6 is 0 Å². The Labute approximate surface area is 71.1 Å². The zero-order valence-corrected chi connectivity index (χ0v) is 7.87. The Balaban J connectivity index is 3.68. The van der Waals surface area contributed by atoms with Crippen molar-refractivity contribution in [1.29, 1.82) is 0 Å². The van der Waals surface area contributed by atoms with Crippen LogP contribution in [0.1, 0.15) is 6.92 Å². The molecule has 0 bridgehead atoms. The lowest BCUT2D eigenvalue weighted by Crippen LogP contribution is -2.35. The van der Waals surface area contributed by atoms with E-state index in [0.29, 0.717) is 0 Å². The molecule has 0 aromatic rings. The van der Waals surface area contributed by atoms with E-state index in [4.69, 9.17) is 0 Å². The Morgan fingerprint density at radius 1 is 1.42 bits per heavy atom. The SMILES string of the molecule is CC(CS(C)(=O)=O)NCC(F)F. The van der Waals surface area contributed by atoms with Gasteiger partial charge in [0.05, 0.1) is 12.3 Å². The molecule has 0 aliphatic rings. The van der Waals surface area contributed by atoms with Crippen molar-refractivity contribution >= 4 is 9.84 Å². The van der Waals surface area contributed by atoms with Crippen LogP contribution in [0.2, 0.25) is 0 Å². The summed E-state index contributed by atoms with van der Waals surface area (Å²) in [5.41, 5.74) is 0. The molecule has 0 spiro atoms. The van der Waals surface area contributed by atoms with Crippen molar-refractivity contribution in [3.8, 4) is 0 Å². The largest absolute Gasteiger partial charge is 0.308 e. The van der Waals surface area contributed by atoms with Crippen molar-refractivity contribution in [2.75, 3.05) is 18.6 Å². The maximum atomic E-state index is 11.6. The molecule has 0 saturated heterocycles. The molecule has 1 unspecified atom stereocenters. The molecule has 0 fully saturated rings. The van der Waals surface area contributed by atoms with E-state index in [0.717, 1.165) is 6.26 Å². The van der Waals surface area contributed by atoms with Crippen LogP contribution in [0.25, 0.3) is 0 Å². The van der Waals surface area contributed by atoms with Crippen LogP contribution in [0.4, 0.5) is 8.78 Å². The van der Waals surface area contributed by atoms with E-state index >= 15 is 0 Å². The van der Waals surface area contributed by atoms with Crippen molar-refractivity contribution < 1.29 is 17.2 Å². The highest BCUT2D eigenvalue weighted by Gasteiger charge is 2.11. The molecule has 0 aromatic carbocycles. The third kappa shape index (κ3) is 7.87. The Morgan fingerprint density at radius 3 is 2.25 bits per heavy atom. The topological polar surface area (TPSA) is 46.2 Å². The second-order valence-corrected chi connectivity index (χ2v) is 4.98. The predicted octanol–water partition coefficient (Wildman–Crippen LogP) is 0.274. The normalized spacial score (nSPS) is 15.1. The average Bonchev–Trinajstić information content (AvgIpc) is 1.79. The minimum atomic E-state index is -3.08. The second kappa shape index (κ2) is 4.71. The van der Waals surface area contributed by atoms with Crippen LogP contribution in [-0.4, -0.2) is 39.4 Å². The molecular formula is C6H13F2NO2S. The summed E-state index contributed by atoms with van der Waals surface area (Å²) in [5.74, 6) is -0.111. The highest BCUT2D eigenvalue weighted by Crippen LogP contribution is 1.93. The molecule has 0 saturated carbocycles. The standard InChI is InChI=1S/C6H13F2NO2S/c1-5(4-12(2,10)11)9-3-6(7)8/h5-6,9H,3-4H2,1-2H3. The van der Waals surface area contributed by atoms with Gasteiger partial charge in [-0.2, -0.15) is 0 Å². The van der Waals surface area contributed by atoms with Crippen molar-refractivity contribution in [3.05, 3.63) is 0 Å². The van der Waals surface area contributed by atoms with Gasteiger partial charge in [0, 0.05) is 12.3 Å². The van der Waals surface area contributed by atoms with Crippen molar-refractivity contribution in [2.45, 2.75) is 19.4 Å². The first-order valence-electron chi connectivity index (χ1n) is 3.50. The highest BCUT2D eigenvalue weighted by atomic mass is 32.2. The zero-order valence-electron chi connectivity index (χ0n) is 7.05. The average molecular weight is 201 g/mol. The lowest BCUT2D eigenvalue weighted by Gasteiger charge is -2.11. The molecule has 6 heteroatoms. The van der Waals surface area contributed by atoms with Gasteiger partial charge in [0.1, 0.15) is 9.84 Å². The van der Waals surface area contributed by atoms with E-state index in [1.165, 1.54) is 0 Å². The number of halogens is 2. The summed E-state index contributed by atoms with van der Waals surface area (Å²) in [6.45, 7) is 1.10. The van der Waals surface area contributed by atoms with Gasteiger partial charge < -0.3 is 5.32 Å². The monoisotopic (exact) mass is 201 g/mol. The first-order chi connectivity index (χ1) is 5.31. The molecular weight excluding hydrogens is 188 g/mol. The lowest BCUT2D eigenvalue weighted by atomic mass is 10.4. The zero-order chi connectivity index (χ0) is 9.78. The molecule has 0 radical (unpaired) electrons. The maximum absolute atomic E-state index is 11.6. The van der Waals surface area contributed by atoms with E-state index in [1.54, 1.807) is 6.92 Å². The number of sulfone groups is 1. The maximum Gasteiger partial charge on any atom is 0.250 e. The van der Waals surface area contributed by atoms with Crippen LogP contribution in [-0.2, 0) is 9.84 Å². The molecule has 0 heterocycles. The molecule has 0 rings (SSSR count). The Bertz CT molecular complexity index is 216. The fraction of sp³-hybridized carbons (Fsp3) is 1.00. The summed E-state index contributed by atoms with van der Waals surface area (Å²) in [4.78, 5) is 0. The molecule has 0 aliphatic heterocycles. The summed E-state index contributed by atoms with van der Waals surface area (Å²) < 4.78 is 44.5. The summed E-state index contributed by atoms with van der Waals surface area (Å²) in [7, 11) is -3.08. The van der Waals surface area contributed by atoms with Crippen molar-refractivity contribution in [2.24, 2.45) is 0 Å². The summed E-state index contributed by atoms with van der Waals surface area (Å²) in [6.07, 6.45) is -1.36. The molecule has 1 atom stereocenters. The van der Waals surface area contributed by atoms with Gasteiger partial charge in [-0.05, 0) is 6.92 Å². The minimum absolute atomic E-state index is 0.111. The smallest absolute Gasteiger partial charge is 0.250 e. The third-order valence-corrected chi connectivity index (χ3v) is 2.28. The van der Waals surface area contributed by atoms with Crippen molar-refractivity contribution in [1.82, 2.24) is 5.32 Å². The van der Waals surface area contributed by atoms with Gasteiger partial charge in [-0.3, -0.25) is 0 Å². The number of nitrogens with one attached hydrogen (secondary N) is 1. The van der Waals surface area contributed by atoms with Gasteiger partial charge in [0.2, 0.25) is 0 Å². The summed E-state index contributed by atoms with van der Waals surface area (Å²) in [6, 6.07) is -0.422. The lowest BCUT2D eigenvalue weighted by molar-refractivity contribution is 0.143. The van der Waals surface area contributed by atoms with E-state index in [2.05, 4.69) is 5.32 Å². The molecule has 0 amide bonds. The summed E-state index contributed by atoms with van der Waals surface area (Å²) >= 11 is 0. The van der Waals surface area contributed by atoms with Gasteiger partial charge in [-0.1, -0.05) is 0 Å². The summed E-state index contributed by atoms with van der Waals surface area (Å²) in [5, 5.41) is 2.41. The molecule has 0 aliphatic carbocycles. The van der Waals surface area contributed by atoms with Gasteiger partial charge in [0.25, 0.3) is 6.43 Å². The fourth-order valence-corrected chi connectivity index (χ4v) is 1.83. The first kappa shape index (κ1) is 11.8. The Hall–Kier alpha value is -0.230. The minimum Gasteiger partial charge on any atom is -0.308 e.